The molecule has 4 nitrogen and oxygen atoms in total. The minimum atomic E-state index is -2.83. The molecule has 2 N–H and O–H groups in total. The van der Waals surface area contributed by atoms with Gasteiger partial charge in [-0.15, -0.1) is 0 Å². The van der Waals surface area contributed by atoms with Gasteiger partial charge >= 0.3 is 0 Å². The highest BCUT2D eigenvalue weighted by Crippen LogP contribution is 2.25. The average Bonchev–Trinajstić information content (AvgIpc) is 2.09. The van der Waals surface area contributed by atoms with Crippen molar-refractivity contribution in [2.24, 2.45) is 11.8 Å². The summed E-state index contributed by atoms with van der Waals surface area (Å²) in [6.07, 6.45) is 1.16. The fourth-order valence-electron chi connectivity index (χ4n) is 1.74. The quantitative estimate of drug-likeness (QED) is 0.650. The van der Waals surface area contributed by atoms with Crippen LogP contribution in [0.1, 0.15) is 12.8 Å². The number of hydrogen-bond donors (Lipinski definition) is 2. The van der Waals surface area contributed by atoms with E-state index in [-0.39, 0.29) is 36.6 Å². The Morgan fingerprint density at radius 1 is 1.15 bits per heavy atom. The zero-order valence-corrected chi connectivity index (χ0v) is 8.33. The molecule has 0 atom stereocenters. The summed E-state index contributed by atoms with van der Waals surface area (Å²) in [5.74, 6) is 0.427. The first kappa shape index (κ1) is 10.9. The van der Waals surface area contributed by atoms with Crippen LogP contribution in [0.2, 0.25) is 0 Å². The van der Waals surface area contributed by atoms with Gasteiger partial charge in [0.25, 0.3) is 0 Å². The monoisotopic (exact) mass is 208 g/mol. The van der Waals surface area contributed by atoms with Crippen LogP contribution in [0.3, 0.4) is 0 Å². The third-order valence-corrected chi connectivity index (χ3v) is 4.45. The third kappa shape index (κ3) is 2.93. The number of aliphatic hydroxyl groups is 2. The van der Waals surface area contributed by atoms with Crippen molar-refractivity contribution in [3.05, 3.63) is 0 Å². The summed E-state index contributed by atoms with van der Waals surface area (Å²) in [7, 11) is -2.83. The predicted octanol–water partition coefficient (Wildman–Crippen LogP) is -0.588. The lowest BCUT2D eigenvalue weighted by atomic mass is 9.89. The fourth-order valence-corrected chi connectivity index (χ4v) is 3.26. The van der Waals surface area contributed by atoms with Gasteiger partial charge in [-0.05, 0) is 18.8 Å². The van der Waals surface area contributed by atoms with Gasteiger partial charge in [-0.25, -0.2) is 8.42 Å². The van der Waals surface area contributed by atoms with Gasteiger partial charge in [-0.1, -0.05) is 0 Å². The molecule has 0 unspecified atom stereocenters. The van der Waals surface area contributed by atoms with Gasteiger partial charge < -0.3 is 10.2 Å². The summed E-state index contributed by atoms with van der Waals surface area (Å²) in [4.78, 5) is 0. The molecule has 0 aromatic carbocycles. The summed E-state index contributed by atoms with van der Waals surface area (Å²) in [6, 6.07) is 0. The van der Waals surface area contributed by atoms with Crippen LogP contribution in [0, 0.1) is 11.8 Å². The van der Waals surface area contributed by atoms with E-state index in [0.717, 1.165) is 0 Å². The topological polar surface area (TPSA) is 74.6 Å². The van der Waals surface area contributed by atoms with E-state index in [1.807, 2.05) is 0 Å². The molecule has 1 saturated heterocycles. The Hall–Kier alpha value is -0.130. The molecule has 1 heterocycles. The first-order valence-corrected chi connectivity index (χ1v) is 6.33. The molecule has 0 aliphatic carbocycles. The van der Waals surface area contributed by atoms with Crippen molar-refractivity contribution in [2.45, 2.75) is 12.8 Å². The van der Waals surface area contributed by atoms with Gasteiger partial charge in [-0.3, -0.25) is 0 Å². The van der Waals surface area contributed by atoms with Gasteiger partial charge in [0.1, 0.15) is 9.84 Å². The first-order chi connectivity index (χ1) is 6.09. The van der Waals surface area contributed by atoms with Crippen molar-refractivity contribution in [1.29, 1.82) is 0 Å². The lowest BCUT2D eigenvalue weighted by molar-refractivity contribution is 0.101. The van der Waals surface area contributed by atoms with Crippen LogP contribution in [0.4, 0.5) is 0 Å². The number of sulfone groups is 1. The van der Waals surface area contributed by atoms with Crippen LogP contribution >= 0.6 is 0 Å². The van der Waals surface area contributed by atoms with Crippen molar-refractivity contribution in [3.8, 4) is 0 Å². The van der Waals surface area contributed by atoms with E-state index >= 15 is 0 Å². The van der Waals surface area contributed by atoms with E-state index in [1.165, 1.54) is 0 Å². The van der Waals surface area contributed by atoms with E-state index in [1.54, 1.807) is 0 Å². The lowest BCUT2D eigenvalue weighted by Crippen LogP contribution is -2.31. The Morgan fingerprint density at radius 3 is 2.00 bits per heavy atom. The summed E-state index contributed by atoms with van der Waals surface area (Å²) in [5.41, 5.74) is 0. The van der Waals surface area contributed by atoms with E-state index < -0.39 is 9.84 Å². The third-order valence-electron chi connectivity index (χ3n) is 2.73. The highest BCUT2D eigenvalue weighted by Gasteiger charge is 2.28. The molecule has 1 rings (SSSR count). The molecule has 0 spiro atoms. The van der Waals surface area contributed by atoms with Crippen molar-refractivity contribution >= 4 is 9.84 Å². The Balaban J connectivity index is 2.49. The van der Waals surface area contributed by atoms with Crippen molar-refractivity contribution in [3.63, 3.8) is 0 Å². The van der Waals surface area contributed by atoms with Crippen LogP contribution in [-0.4, -0.2) is 43.4 Å². The largest absolute Gasteiger partial charge is 0.396 e. The minimum Gasteiger partial charge on any atom is -0.396 e. The molecule has 0 aromatic heterocycles. The fraction of sp³-hybridized carbons (Fsp3) is 1.00. The minimum absolute atomic E-state index is 0.0544. The van der Waals surface area contributed by atoms with Gasteiger partial charge in [0.15, 0.2) is 0 Å². The maximum atomic E-state index is 11.1. The summed E-state index contributed by atoms with van der Waals surface area (Å²) in [6.45, 7) is -0.109. The highest BCUT2D eigenvalue weighted by atomic mass is 32.2. The molecule has 5 heteroatoms. The van der Waals surface area contributed by atoms with Crippen LogP contribution in [0.15, 0.2) is 0 Å². The maximum absolute atomic E-state index is 11.1. The Bertz CT molecular complexity index is 229. The molecule has 0 amide bonds. The lowest BCUT2D eigenvalue weighted by Gasteiger charge is -2.27. The second-order valence-corrected chi connectivity index (χ2v) is 5.92. The molecule has 1 fully saturated rings. The summed E-state index contributed by atoms with van der Waals surface area (Å²) >= 11 is 0. The molecule has 0 saturated carbocycles. The van der Waals surface area contributed by atoms with E-state index in [9.17, 15) is 8.42 Å². The number of aliphatic hydroxyl groups excluding tert-OH is 2. The zero-order valence-electron chi connectivity index (χ0n) is 7.52. The molecule has 0 radical (unpaired) electrons. The van der Waals surface area contributed by atoms with E-state index in [4.69, 9.17) is 10.2 Å². The highest BCUT2D eigenvalue weighted by molar-refractivity contribution is 7.91. The molecule has 0 bridgehead atoms. The first-order valence-electron chi connectivity index (χ1n) is 4.51. The molecular formula is C8H16O4S. The number of hydrogen-bond acceptors (Lipinski definition) is 4. The second-order valence-electron chi connectivity index (χ2n) is 3.61. The van der Waals surface area contributed by atoms with Crippen LogP contribution in [0.25, 0.3) is 0 Å². The van der Waals surface area contributed by atoms with Crippen molar-refractivity contribution < 1.29 is 18.6 Å². The average molecular weight is 208 g/mol. The molecule has 0 aromatic rings. The Labute approximate surface area is 78.5 Å². The van der Waals surface area contributed by atoms with Gasteiger partial charge in [0.05, 0.1) is 11.5 Å². The summed E-state index contributed by atoms with van der Waals surface area (Å²) in [5, 5.41) is 17.8. The molecule has 1 aliphatic rings. The SMILES string of the molecule is O=S1(=O)CCC(C(CO)CO)CC1. The maximum Gasteiger partial charge on any atom is 0.150 e. The van der Waals surface area contributed by atoms with Gasteiger partial charge in [0.2, 0.25) is 0 Å². The normalized spacial score (nSPS) is 23.6. The zero-order chi connectivity index (χ0) is 9.90. The molecule has 13 heavy (non-hydrogen) atoms. The van der Waals surface area contributed by atoms with Crippen LogP contribution in [0.5, 0.6) is 0 Å². The van der Waals surface area contributed by atoms with Crippen molar-refractivity contribution in [1.82, 2.24) is 0 Å². The Morgan fingerprint density at radius 2 is 1.62 bits per heavy atom. The number of rotatable bonds is 3. The van der Waals surface area contributed by atoms with Gasteiger partial charge in [-0.2, -0.15) is 0 Å². The van der Waals surface area contributed by atoms with E-state index in [0.29, 0.717) is 12.8 Å². The second kappa shape index (κ2) is 4.39. The van der Waals surface area contributed by atoms with E-state index in [2.05, 4.69) is 0 Å². The summed E-state index contributed by atoms with van der Waals surface area (Å²) < 4.78 is 22.1. The molecule has 1 aliphatic heterocycles. The predicted molar refractivity (Wildman–Crippen MR) is 49.0 cm³/mol. The standard InChI is InChI=1S/C8H16O4S/c9-5-8(6-10)7-1-3-13(11,12)4-2-7/h7-10H,1-6H2. The molecule has 78 valence electrons. The smallest absolute Gasteiger partial charge is 0.150 e. The molecular weight excluding hydrogens is 192 g/mol. The van der Waals surface area contributed by atoms with Crippen LogP contribution in [-0.2, 0) is 9.84 Å². The Kier molecular flexibility index (Phi) is 3.70. The van der Waals surface area contributed by atoms with Crippen molar-refractivity contribution in [2.75, 3.05) is 24.7 Å². The van der Waals surface area contributed by atoms with Gasteiger partial charge in [0, 0.05) is 19.1 Å². The van der Waals surface area contributed by atoms with Crippen LogP contribution < -0.4 is 0 Å².